The number of hydrogen-bond donors (Lipinski definition) is 1. The maximum absolute atomic E-state index is 12.1. The molecule has 1 amide bonds. The monoisotopic (exact) mass is 296 g/mol. The molecule has 5 heteroatoms. The normalized spacial score (nSPS) is 18.4. The van der Waals surface area contributed by atoms with Crippen LogP contribution in [0.15, 0.2) is 18.2 Å². The van der Waals surface area contributed by atoms with Crippen molar-refractivity contribution in [3.8, 4) is 5.75 Å². The second-order valence-electron chi connectivity index (χ2n) is 5.25. The Kier molecular flexibility index (Phi) is 5.26. The van der Waals surface area contributed by atoms with Crippen LogP contribution in [0.2, 0.25) is 5.02 Å². The number of carbonyl (C=O) groups excluding carboxylic acids is 1. The Morgan fingerprint density at radius 2 is 2.35 bits per heavy atom. The summed E-state index contributed by atoms with van der Waals surface area (Å²) in [7, 11) is 1.94. The van der Waals surface area contributed by atoms with Gasteiger partial charge in [-0.25, -0.2) is 0 Å². The summed E-state index contributed by atoms with van der Waals surface area (Å²) in [6.07, 6.45) is 1.06. The van der Waals surface area contributed by atoms with Crippen molar-refractivity contribution in [1.82, 2.24) is 10.2 Å². The summed E-state index contributed by atoms with van der Waals surface area (Å²) >= 11 is 5.89. The summed E-state index contributed by atoms with van der Waals surface area (Å²) < 4.78 is 5.60. The van der Waals surface area contributed by atoms with Gasteiger partial charge in [0.2, 0.25) is 0 Å². The summed E-state index contributed by atoms with van der Waals surface area (Å²) in [5, 5.41) is 3.83. The lowest BCUT2D eigenvalue weighted by Gasteiger charge is -2.17. The lowest BCUT2D eigenvalue weighted by Crippen LogP contribution is -2.34. The van der Waals surface area contributed by atoms with Crippen molar-refractivity contribution < 1.29 is 9.53 Å². The highest BCUT2D eigenvalue weighted by Crippen LogP contribution is 2.22. The van der Waals surface area contributed by atoms with E-state index in [2.05, 4.69) is 5.32 Å². The first-order valence-electron chi connectivity index (χ1n) is 6.91. The molecule has 0 radical (unpaired) electrons. The first-order chi connectivity index (χ1) is 9.60. The third kappa shape index (κ3) is 3.87. The second kappa shape index (κ2) is 6.95. The lowest BCUT2D eigenvalue weighted by atomic mass is 10.1. The average Bonchev–Trinajstić information content (AvgIpc) is 2.86. The first kappa shape index (κ1) is 15.1. The highest BCUT2D eigenvalue weighted by atomic mass is 35.5. The van der Waals surface area contributed by atoms with E-state index in [4.69, 9.17) is 16.3 Å². The Bertz CT molecular complexity index is 479. The minimum Gasteiger partial charge on any atom is -0.483 e. The summed E-state index contributed by atoms with van der Waals surface area (Å²) in [4.78, 5) is 14.0. The van der Waals surface area contributed by atoms with Gasteiger partial charge in [0, 0.05) is 18.1 Å². The van der Waals surface area contributed by atoms with Crippen molar-refractivity contribution in [1.29, 1.82) is 0 Å². The Hall–Kier alpha value is -1.26. The van der Waals surface area contributed by atoms with Crippen LogP contribution in [-0.2, 0) is 4.79 Å². The zero-order chi connectivity index (χ0) is 14.5. The molecule has 1 aliphatic rings. The van der Waals surface area contributed by atoms with E-state index in [9.17, 15) is 4.79 Å². The van der Waals surface area contributed by atoms with Gasteiger partial charge in [0.25, 0.3) is 5.91 Å². The van der Waals surface area contributed by atoms with Crippen molar-refractivity contribution in [3.63, 3.8) is 0 Å². The van der Waals surface area contributed by atoms with E-state index in [1.807, 2.05) is 24.9 Å². The minimum atomic E-state index is 0.0537. The third-order valence-corrected chi connectivity index (χ3v) is 3.85. The van der Waals surface area contributed by atoms with Crippen LogP contribution in [0.25, 0.3) is 0 Å². The average molecular weight is 297 g/mol. The standard InChI is InChI=1S/C15H21ClN2O2/c1-11-7-13(16)3-4-14(11)20-10-15(19)18-6-5-12(9-18)8-17-2/h3-4,7,12,17H,5-6,8-10H2,1-2H3. The summed E-state index contributed by atoms with van der Waals surface area (Å²) in [6.45, 7) is 4.62. The van der Waals surface area contributed by atoms with Crippen LogP contribution in [0.5, 0.6) is 5.75 Å². The molecule has 1 saturated heterocycles. The van der Waals surface area contributed by atoms with Crippen LogP contribution >= 0.6 is 11.6 Å². The predicted molar refractivity (Wildman–Crippen MR) is 80.3 cm³/mol. The number of carbonyl (C=O) groups is 1. The fourth-order valence-corrected chi connectivity index (χ4v) is 2.75. The Labute approximate surface area is 125 Å². The number of rotatable bonds is 5. The molecule has 1 unspecified atom stereocenters. The van der Waals surface area contributed by atoms with Crippen LogP contribution in [0, 0.1) is 12.8 Å². The van der Waals surface area contributed by atoms with Gasteiger partial charge in [-0.15, -0.1) is 0 Å². The topological polar surface area (TPSA) is 41.6 Å². The van der Waals surface area contributed by atoms with E-state index in [1.165, 1.54) is 0 Å². The predicted octanol–water partition coefficient (Wildman–Crippen LogP) is 2.10. The SMILES string of the molecule is CNCC1CCN(C(=O)COc2ccc(Cl)cc2C)C1. The summed E-state index contributed by atoms with van der Waals surface area (Å²) in [5.74, 6) is 1.33. The van der Waals surface area contributed by atoms with E-state index >= 15 is 0 Å². The van der Waals surface area contributed by atoms with Gasteiger partial charge in [-0.1, -0.05) is 11.6 Å². The van der Waals surface area contributed by atoms with Gasteiger partial charge in [-0.2, -0.15) is 0 Å². The maximum Gasteiger partial charge on any atom is 0.260 e. The van der Waals surface area contributed by atoms with E-state index in [0.29, 0.717) is 16.7 Å². The Balaban J connectivity index is 1.83. The number of halogens is 1. The molecule has 1 N–H and O–H groups in total. The molecule has 1 aliphatic heterocycles. The Morgan fingerprint density at radius 1 is 1.55 bits per heavy atom. The molecular formula is C15H21ClN2O2. The molecule has 0 saturated carbocycles. The number of benzene rings is 1. The minimum absolute atomic E-state index is 0.0537. The number of amides is 1. The number of hydrogen-bond acceptors (Lipinski definition) is 3. The number of aryl methyl sites for hydroxylation is 1. The molecule has 20 heavy (non-hydrogen) atoms. The molecule has 1 heterocycles. The lowest BCUT2D eigenvalue weighted by molar-refractivity contribution is -0.132. The molecular weight excluding hydrogens is 276 g/mol. The summed E-state index contributed by atoms with van der Waals surface area (Å²) in [6, 6.07) is 5.41. The first-order valence-corrected chi connectivity index (χ1v) is 7.29. The van der Waals surface area contributed by atoms with Gasteiger partial charge >= 0.3 is 0 Å². The number of nitrogens with zero attached hydrogens (tertiary/aromatic N) is 1. The smallest absolute Gasteiger partial charge is 0.260 e. The largest absolute Gasteiger partial charge is 0.483 e. The molecule has 1 aromatic rings. The fraction of sp³-hybridized carbons (Fsp3) is 0.533. The summed E-state index contributed by atoms with van der Waals surface area (Å²) in [5.41, 5.74) is 0.944. The van der Waals surface area contributed by atoms with Crippen LogP contribution in [0.1, 0.15) is 12.0 Å². The van der Waals surface area contributed by atoms with Crippen molar-refractivity contribution in [2.45, 2.75) is 13.3 Å². The molecule has 1 aromatic carbocycles. The molecule has 0 bridgehead atoms. The maximum atomic E-state index is 12.1. The number of likely N-dealkylation sites (tertiary alicyclic amines) is 1. The number of ether oxygens (including phenoxy) is 1. The molecule has 0 aliphatic carbocycles. The molecule has 110 valence electrons. The molecule has 0 aromatic heterocycles. The van der Waals surface area contributed by atoms with Crippen LogP contribution in [0.3, 0.4) is 0 Å². The van der Waals surface area contributed by atoms with Crippen molar-refractivity contribution in [2.75, 3.05) is 33.3 Å². The highest BCUT2D eigenvalue weighted by Gasteiger charge is 2.25. The second-order valence-corrected chi connectivity index (χ2v) is 5.69. The molecule has 1 fully saturated rings. The highest BCUT2D eigenvalue weighted by molar-refractivity contribution is 6.30. The van der Waals surface area contributed by atoms with Crippen molar-refractivity contribution in [2.24, 2.45) is 5.92 Å². The van der Waals surface area contributed by atoms with Gasteiger partial charge in [0.1, 0.15) is 5.75 Å². The molecule has 4 nitrogen and oxygen atoms in total. The van der Waals surface area contributed by atoms with E-state index in [0.717, 1.165) is 31.6 Å². The van der Waals surface area contributed by atoms with E-state index in [1.54, 1.807) is 12.1 Å². The fourth-order valence-electron chi connectivity index (χ4n) is 2.52. The zero-order valence-corrected chi connectivity index (χ0v) is 12.7. The van der Waals surface area contributed by atoms with Gasteiger partial charge in [-0.3, -0.25) is 4.79 Å². The van der Waals surface area contributed by atoms with Gasteiger partial charge < -0.3 is 15.0 Å². The van der Waals surface area contributed by atoms with Crippen LogP contribution < -0.4 is 10.1 Å². The van der Waals surface area contributed by atoms with Gasteiger partial charge in [0.15, 0.2) is 6.61 Å². The quantitative estimate of drug-likeness (QED) is 0.905. The van der Waals surface area contributed by atoms with Gasteiger partial charge in [-0.05, 0) is 56.6 Å². The number of nitrogens with one attached hydrogen (secondary N) is 1. The van der Waals surface area contributed by atoms with Crippen molar-refractivity contribution in [3.05, 3.63) is 28.8 Å². The van der Waals surface area contributed by atoms with Gasteiger partial charge in [0.05, 0.1) is 0 Å². The molecule has 0 spiro atoms. The van der Waals surface area contributed by atoms with E-state index < -0.39 is 0 Å². The van der Waals surface area contributed by atoms with Crippen molar-refractivity contribution >= 4 is 17.5 Å². The zero-order valence-electron chi connectivity index (χ0n) is 12.0. The Morgan fingerprint density at radius 3 is 3.05 bits per heavy atom. The van der Waals surface area contributed by atoms with Crippen LogP contribution in [0.4, 0.5) is 0 Å². The van der Waals surface area contributed by atoms with Crippen LogP contribution in [-0.4, -0.2) is 44.1 Å². The van der Waals surface area contributed by atoms with E-state index in [-0.39, 0.29) is 12.5 Å². The molecule has 1 atom stereocenters. The third-order valence-electron chi connectivity index (χ3n) is 3.62. The molecule has 2 rings (SSSR count).